The number of benzene rings is 1. The smallest absolute Gasteiger partial charge is 0.255 e. The molecule has 0 unspecified atom stereocenters. The normalized spacial score (nSPS) is 16.6. The van der Waals surface area contributed by atoms with Gasteiger partial charge in [0, 0.05) is 17.7 Å². The molecule has 6 heteroatoms. The van der Waals surface area contributed by atoms with Crippen LogP contribution in [0, 0.1) is 6.92 Å². The predicted octanol–water partition coefficient (Wildman–Crippen LogP) is 2.97. The molecule has 2 aliphatic rings. The molecule has 4 rings (SSSR count). The standard InChI is InChI=1S/C22H24N2O4/c1-14-17(22(27)23-10-7-13-24-11-5-2-6-12-24)18-19(25)15-8-3-4-9-16(15)20(26)21(18)28-14/h3-4,8-9H,2,5-7,10-13H2,1H3,(H,23,27). The van der Waals surface area contributed by atoms with Crippen LogP contribution in [0.1, 0.15) is 73.8 Å². The van der Waals surface area contributed by atoms with Crippen molar-refractivity contribution in [1.29, 1.82) is 0 Å². The van der Waals surface area contributed by atoms with E-state index in [0.717, 1.165) is 26.1 Å². The summed E-state index contributed by atoms with van der Waals surface area (Å²) in [5, 5.41) is 2.89. The number of nitrogens with zero attached hydrogens (tertiary/aromatic N) is 1. The highest BCUT2D eigenvalue weighted by molar-refractivity contribution is 6.30. The maximum atomic E-state index is 12.9. The number of carbonyl (C=O) groups excluding carboxylic acids is 3. The van der Waals surface area contributed by atoms with E-state index in [1.807, 2.05) is 0 Å². The summed E-state index contributed by atoms with van der Waals surface area (Å²) in [6, 6.07) is 6.64. The Kier molecular flexibility index (Phi) is 5.13. The van der Waals surface area contributed by atoms with Crippen LogP contribution in [0.2, 0.25) is 0 Å². The number of rotatable bonds is 5. The van der Waals surface area contributed by atoms with E-state index >= 15 is 0 Å². The van der Waals surface area contributed by atoms with Crippen molar-refractivity contribution in [3.63, 3.8) is 0 Å². The van der Waals surface area contributed by atoms with Crippen molar-refractivity contribution in [2.45, 2.75) is 32.6 Å². The molecule has 1 amide bonds. The Morgan fingerprint density at radius 2 is 1.75 bits per heavy atom. The van der Waals surface area contributed by atoms with Gasteiger partial charge in [-0.25, -0.2) is 0 Å². The zero-order valence-electron chi connectivity index (χ0n) is 16.0. The molecule has 1 N–H and O–H groups in total. The first kappa shape index (κ1) is 18.6. The van der Waals surface area contributed by atoms with Crippen molar-refractivity contribution < 1.29 is 18.8 Å². The second-order valence-corrected chi connectivity index (χ2v) is 7.45. The van der Waals surface area contributed by atoms with E-state index in [9.17, 15) is 14.4 Å². The van der Waals surface area contributed by atoms with Crippen LogP contribution >= 0.6 is 0 Å². The average Bonchev–Trinajstić information content (AvgIpc) is 3.07. The van der Waals surface area contributed by atoms with Crippen molar-refractivity contribution in [1.82, 2.24) is 10.2 Å². The third-order valence-corrected chi connectivity index (χ3v) is 5.55. The first-order valence-electron chi connectivity index (χ1n) is 9.90. The Labute approximate surface area is 163 Å². The molecule has 1 fully saturated rings. The van der Waals surface area contributed by atoms with Gasteiger partial charge in [0.2, 0.25) is 5.78 Å². The fraction of sp³-hybridized carbons (Fsp3) is 0.409. The number of likely N-dealkylation sites (tertiary alicyclic amines) is 1. The van der Waals surface area contributed by atoms with E-state index in [1.54, 1.807) is 31.2 Å². The Morgan fingerprint density at radius 1 is 1.07 bits per heavy atom. The van der Waals surface area contributed by atoms with E-state index in [4.69, 9.17) is 4.42 Å². The fourth-order valence-corrected chi connectivity index (χ4v) is 4.11. The molecule has 1 aliphatic heterocycles. The lowest BCUT2D eigenvalue weighted by Gasteiger charge is -2.26. The molecule has 0 atom stereocenters. The number of fused-ring (bicyclic) bond motifs is 2. The number of aryl methyl sites for hydroxylation is 1. The van der Waals surface area contributed by atoms with Crippen LogP contribution in [0.3, 0.4) is 0 Å². The van der Waals surface area contributed by atoms with Gasteiger partial charge in [-0.05, 0) is 45.8 Å². The lowest BCUT2D eigenvalue weighted by atomic mass is 9.86. The van der Waals surface area contributed by atoms with Crippen molar-refractivity contribution >= 4 is 17.5 Å². The molecule has 1 saturated heterocycles. The second-order valence-electron chi connectivity index (χ2n) is 7.45. The van der Waals surface area contributed by atoms with Crippen molar-refractivity contribution in [3.8, 4) is 0 Å². The Bertz CT molecular complexity index is 938. The quantitative estimate of drug-likeness (QED) is 0.689. The zero-order valence-corrected chi connectivity index (χ0v) is 16.0. The highest BCUT2D eigenvalue weighted by Crippen LogP contribution is 2.33. The molecule has 1 aromatic carbocycles. The molecule has 0 spiro atoms. The number of piperidine rings is 1. The van der Waals surface area contributed by atoms with Gasteiger partial charge in [-0.15, -0.1) is 0 Å². The van der Waals surface area contributed by atoms with Crippen LogP contribution in [0.25, 0.3) is 0 Å². The SMILES string of the molecule is Cc1oc2c(c1C(=O)NCCCN1CCCCC1)C(=O)c1ccccc1C2=O. The number of nitrogens with one attached hydrogen (secondary N) is 1. The molecule has 2 aromatic rings. The number of ketones is 2. The van der Waals surface area contributed by atoms with Gasteiger partial charge in [0.15, 0.2) is 11.5 Å². The number of hydrogen-bond donors (Lipinski definition) is 1. The number of furan rings is 1. The maximum Gasteiger partial charge on any atom is 0.255 e. The number of hydrogen-bond acceptors (Lipinski definition) is 5. The molecule has 28 heavy (non-hydrogen) atoms. The molecule has 146 valence electrons. The summed E-state index contributed by atoms with van der Waals surface area (Å²) in [7, 11) is 0. The molecular weight excluding hydrogens is 356 g/mol. The summed E-state index contributed by atoms with van der Waals surface area (Å²) >= 11 is 0. The molecule has 0 saturated carbocycles. The summed E-state index contributed by atoms with van der Waals surface area (Å²) in [6.07, 6.45) is 4.63. The van der Waals surface area contributed by atoms with Gasteiger partial charge in [0.25, 0.3) is 5.91 Å². The van der Waals surface area contributed by atoms with Gasteiger partial charge in [0.1, 0.15) is 5.76 Å². The molecule has 0 radical (unpaired) electrons. The Hall–Kier alpha value is -2.73. The van der Waals surface area contributed by atoms with Gasteiger partial charge in [-0.1, -0.05) is 30.7 Å². The monoisotopic (exact) mass is 380 g/mol. The minimum absolute atomic E-state index is 0.0281. The molecular formula is C22H24N2O4. The Balaban J connectivity index is 1.48. The van der Waals surface area contributed by atoms with Crippen molar-refractivity contribution in [2.24, 2.45) is 0 Å². The summed E-state index contributed by atoms with van der Waals surface area (Å²) in [4.78, 5) is 40.8. The zero-order chi connectivity index (χ0) is 19.7. The first-order chi connectivity index (χ1) is 13.6. The molecule has 6 nitrogen and oxygen atoms in total. The van der Waals surface area contributed by atoms with Crippen LogP contribution < -0.4 is 5.32 Å². The molecule has 1 aliphatic carbocycles. The summed E-state index contributed by atoms with van der Waals surface area (Å²) in [5.74, 6) is -0.771. The maximum absolute atomic E-state index is 12.9. The van der Waals surface area contributed by atoms with Crippen LogP contribution in [0.15, 0.2) is 28.7 Å². The van der Waals surface area contributed by atoms with Gasteiger partial charge in [-0.3, -0.25) is 14.4 Å². The van der Waals surface area contributed by atoms with E-state index in [0.29, 0.717) is 23.4 Å². The van der Waals surface area contributed by atoms with Crippen LogP contribution in [-0.4, -0.2) is 48.6 Å². The molecule has 0 bridgehead atoms. The Morgan fingerprint density at radius 3 is 2.46 bits per heavy atom. The minimum atomic E-state index is -0.360. The predicted molar refractivity (Wildman–Crippen MR) is 104 cm³/mol. The van der Waals surface area contributed by atoms with Crippen molar-refractivity contribution in [3.05, 3.63) is 58.0 Å². The van der Waals surface area contributed by atoms with Gasteiger partial charge >= 0.3 is 0 Å². The highest BCUT2D eigenvalue weighted by atomic mass is 16.4. The van der Waals surface area contributed by atoms with E-state index < -0.39 is 0 Å². The van der Waals surface area contributed by atoms with Crippen LogP contribution in [0.4, 0.5) is 0 Å². The summed E-state index contributed by atoms with van der Waals surface area (Å²) in [6.45, 7) is 5.34. The topological polar surface area (TPSA) is 79.6 Å². The average molecular weight is 380 g/mol. The van der Waals surface area contributed by atoms with E-state index in [2.05, 4.69) is 10.2 Å². The lowest BCUT2D eigenvalue weighted by molar-refractivity contribution is 0.0936. The number of carbonyl (C=O) groups is 3. The summed E-state index contributed by atoms with van der Waals surface area (Å²) < 4.78 is 5.56. The van der Waals surface area contributed by atoms with Gasteiger partial charge in [0.05, 0.1) is 11.1 Å². The van der Waals surface area contributed by atoms with Crippen LogP contribution in [0.5, 0.6) is 0 Å². The third kappa shape index (κ3) is 3.29. The first-order valence-corrected chi connectivity index (χ1v) is 9.90. The second kappa shape index (κ2) is 7.72. The third-order valence-electron chi connectivity index (χ3n) is 5.55. The fourth-order valence-electron chi connectivity index (χ4n) is 4.11. The molecule has 2 heterocycles. The molecule has 1 aromatic heterocycles. The van der Waals surface area contributed by atoms with E-state index in [1.165, 1.54) is 19.3 Å². The highest BCUT2D eigenvalue weighted by Gasteiger charge is 2.38. The van der Waals surface area contributed by atoms with Crippen LogP contribution in [-0.2, 0) is 0 Å². The minimum Gasteiger partial charge on any atom is -0.456 e. The van der Waals surface area contributed by atoms with Crippen molar-refractivity contribution in [2.75, 3.05) is 26.2 Å². The lowest BCUT2D eigenvalue weighted by Crippen LogP contribution is -2.34. The number of amides is 1. The largest absolute Gasteiger partial charge is 0.456 e. The summed E-state index contributed by atoms with van der Waals surface area (Å²) in [5.41, 5.74) is 0.915. The van der Waals surface area contributed by atoms with E-state index in [-0.39, 0.29) is 34.4 Å². The van der Waals surface area contributed by atoms with Gasteiger partial charge < -0.3 is 14.6 Å². The van der Waals surface area contributed by atoms with Gasteiger partial charge in [-0.2, -0.15) is 0 Å².